The minimum Gasteiger partial charge on any atom is -0.481 e. The van der Waals surface area contributed by atoms with Gasteiger partial charge >= 0.3 is 5.97 Å². The van der Waals surface area contributed by atoms with Crippen molar-refractivity contribution in [3.63, 3.8) is 0 Å². The zero-order chi connectivity index (χ0) is 16.0. The van der Waals surface area contributed by atoms with Gasteiger partial charge in [0, 0.05) is 12.6 Å². The van der Waals surface area contributed by atoms with Crippen LogP contribution in [0.5, 0.6) is 0 Å². The molecule has 6 heteroatoms. The number of carbonyl (C=O) groups is 3. The first kappa shape index (κ1) is 16.7. The summed E-state index contributed by atoms with van der Waals surface area (Å²) in [7, 11) is 0. The molecule has 2 amide bonds. The third-order valence-electron chi connectivity index (χ3n) is 2.88. The van der Waals surface area contributed by atoms with E-state index < -0.39 is 12.0 Å². The first-order valence-corrected chi connectivity index (χ1v) is 6.68. The molecule has 0 saturated carbocycles. The van der Waals surface area contributed by atoms with Crippen LogP contribution in [0.25, 0.3) is 0 Å². The molecule has 3 N–H and O–H groups in total. The highest BCUT2D eigenvalue weighted by Gasteiger charge is 2.22. The van der Waals surface area contributed by atoms with E-state index in [-0.39, 0.29) is 24.2 Å². The van der Waals surface area contributed by atoms with Gasteiger partial charge in [-0.2, -0.15) is 0 Å². The van der Waals surface area contributed by atoms with Gasteiger partial charge in [-0.05, 0) is 23.6 Å². The molecule has 114 valence electrons. The third-order valence-corrected chi connectivity index (χ3v) is 2.88. The van der Waals surface area contributed by atoms with E-state index in [0.29, 0.717) is 11.3 Å². The lowest BCUT2D eigenvalue weighted by Crippen LogP contribution is -2.46. The Labute approximate surface area is 123 Å². The average molecular weight is 292 g/mol. The molecule has 1 aromatic rings. The Morgan fingerprint density at radius 1 is 1.14 bits per heavy atom. The molecule has 0 spiro atoms. The van der Waals surface area contributed by atoms with Crippen LogP contribution in [0.1, 0.15) is 26.3 Å². The van der Waals surface area contributed by atoms with Gasteiger partial charge in [-0.25, -0.2) is 0 Å². The van der Waals surface area contributed by atoms with Crippen LogP contribution >= 0.6 is 0 Å². The van der Waals surface area contributed by atoms with Gasteiger partial charge < -0.3 is 15.7 Å². The maximum Gasteiger partial charge on any atom is 0.307 e. The number of nitrogens with one attached hydrogen (secondary N) is 2. The van der Waals surface area contributed by atoms with Crippen molar-refractivity contribution in [1.29, 1.82) is 0 Å². The SMILES string of the molecule is CC(=O)NC(C(=O)Nc1ccc(CC(=O)O)cc1)C(C)C. The molecule has 0 aliphatic heterocycles. The Hall–Kier alpha value is -2.37. The van der Waals surface area contributed by atoms with E-state index in [1.807, 2.05) is 13.8 Å². The van der Waals surface area contributed by atoms with Crippen molar-refractivity contribution in [1.82, 2.24) is 5.32 Å². The second-order valence-corrected chi connectivity index (χ2v) is 5.18. The Bertz CT molecular complexity index is 523. The van der Waals surface area contributed by atoms with Crippen molar-refractivity contribution < 1.29 is 19.5 Å². The highest BCUT2D eigenvalue weighted by molar-refractivity contribution is 5.97. The van der Waals surface area contributed by atoms with E-state index in [4.69, 9.17) is 5.11 Å². The van der Waals surface area contributed by atoms with Crippen LogP contribution in [0.4, 0.5) is 5.69 Å². The van der Waals surface area contributed by atoms with E-state index in [9.17, 15) is 14.4 Å². The van der Waals surface area contributed by atoms with Crippen molar-refractivity contribution in [3.8, 4) is 0 Å². The molecule has 0 aromatic heterocycles. The van der Waals surface area contributed by atoms with E-state index in [2.05, 4.69) is 10.6 Å². The summed E-state index contributed by atoms with van der Waals surface area (Å²) < 4.78 is 0. The normalized spacial score (nSPS) is 11.8. The van der Waals surface area contributed by atoms with Crippen molar-refractivity contribution >= 4 is 23.5 Å². The number of amides is 2. The first-order chi connectivity index (χ1) is 9.79. The van der Waals surface area contributed by atoms with Crippen LogP contribution in [0, 0.1) is 5.92 Å². The largest absolute Gasteiger partial charge is 0.481 e. The first-order valence-electron chi connectivity index (χ1n) is 6.68. The Morgan fingerprint density at radius 2 is 1.71 bits per heavy atom. The third kappa shape index (κ3) is 5.64. The second kappa shape index (κ2) is 7.42. The molecule has 1 unspecified atom stereocenters. The van der Waals surface area contributed by atoms with Crippen LogP contribution in [0.2, 0.25) is 0 Å². The molecular weight excluding hydrogens is 272 g/mol. The lowest BCUT2D eigenvalue weighted by molar-refractivity contribution is -0.136. The number of carboxylic acid groups (broad SMARTS) is 1. The van der Waals surface area contributed by atoms with Gasteiger partial charge in [-0.3, -0.25) is 14.4 Å². The fraction of sp³-hybridized carbons (Fsp3) is 0.400. The molecular formula is C15H20N2O4. The van der Waals surface area contributed by atoms with E-state index >= 15 is 0 Å². The number of rotatable bonds is 6. The minimum atomic E-state index is -0.905. The fourth-order valence-corrected chi connectivity index (χ4v) is 1.85. The maximum absolute atomic E-state index is 12.1. The lowest BCUT2D eigenvalue weighted by atomic mass is 10.0. The highest BCUT2D eigenvalue weighted by atomic mass is 16.4. The number of anilines is 1. The number of carbonyl (C=O) groups excluding carboxylic acids is 2. The maximum atomic E-state index is 12.1. The second-order valence-electron chi connectivity index (χ2n) is 5.18. The molecule has 0 bridgehead atoms. The molecule has 0 aliphatic rings. The molecule has 0 heterocycles. The molecule has 1 atom stereocenters. The van der Waals surface area contributed by atoms with Gasteiger partial charge in [0.15, 0.2) is 0 Å². The molecule has 0 fully saturated rings. The Kier molecular flexibility index (Phi) is 5.90. The monoisotopic (exact) mass is 292 g/mol. The number of aliphatic carboxylic acids is 1. The molecule has 0 radical (unpaired) electrons. The minimum absolute atomic E-state index is 0.0415. The zero-order valence-electron chi connectivity index (χ0n) is 12.3. The zero-order valence-corrected chi connectivity index (χ0v) is 12.3. The summed E-state index contributed by atoms with van der Waals surface area (Å²) in [6.07, 6.45) is -0.0608. The van der Waals surface area contributed by atoms with Gasteiger partial charge in [0.2, 0.25) is 11.8 Å². The molecule has 1 rings (SSSR count). The number of hydrogen-bond acceptors (Lipinski definition) is 3. The van der Waals surface area contributed by atoms with E-state index in [0.717, 1.165) is 0 Å². The van der Waals surface area contributed by atoms with Crippen molar-refractivity contribution in [3.05, 3.63) is 29.8 Å². The van der Waals surface area contributed by atoms with Gasteiger partial charge in [-0.15, -0.1) is 0 Å². The molecule has 1 aromatic carbocycles. The summed E-state index contributed by atoms with van der Waals surface area (Å²) >= 11 is 0. The summed E-state index contributed by atoms with van der Waals surface area (Å²) in [6, 6.07) is 5.96. The van der Waals surface area contributed by atoms with E-state index in [1.165, 1.54) is 6.92 Å². The predicted molar refractivity (Wildman–Crippen MR) is 78.9 cm³/mol. The van der Waals surface area contributed by atoms with Crippen molar-refractivity contribution in [2.24, 2.45) is 5.92 Å². The van der Waals surface area contributed by atoms with Crippen LogP contribution < -0.4 is 10.6 Å². The Morgan fingerprint density at radius 3 is 2.14 bits per heavy atom. The summed E-state index contributed by atoms with van der Waals surface area (Å²) in [5, 5.41) is 14.0. The average Bonchev–Trinajstić information content (AvgIpc) is 2.37. The smallest absolute Gasteiger partial charge is 0.307 e. The predicted octanol–water partition coefficient (Wildman–Crippen LogP) is 1.41. The quantitative estimate of drug-likeness (QED) is 0.738. The van der Waals surface area contributed by atoms with Gasteiger partial charge in [0.25, 0.3) is 0 Å². The topological polar surface area (TPSA) is 95.5 Å². The molecule has 0 saturated heterocycles. The standard InChI is InChI=1S/C15H20N2O4/c1-9(2)14(16-10(3)18)15(21)17-12-6-4-11(5-7-12)8-13(19)20/h4-7,9,14H,8H2,1-3H3,(H,16,18)(H,17,21)(H,19,20). The van der Waals surface area contributed by atoms with Gasteiger partial charge in [0.05, 0.1) is 6.42 Å². The summed E-state index contributed by atoms with van der Waals surface area (Å²) in [5.41, 5.74) is 1.22. The number of benzene rings is 1. The van der Waals surface area contributed by atoms with Gasteiger partial charge in [0.1, 0.15) is 6.04 Å². The fourth-order valence-electron chi connectivity index (χ4n) is 1.85. The molecule has 6 nitrogen and oxygen atoms in total. The molecule has 0 aliphatic carbocycles. The lowest BCUT2D eigenvalue weighted by Gasteiger charge is -2.21. The summed E-state index contributed by atoms with van der Waals surface area (Å²) in [4.78, 5) is 33.8. The summed E-state index contributed by atoms with van der Waals surface area (Å²) in [6.45, 7) is 5.05. The summed E-state index contributed by atoms with van der Waals surface area (Å²) in [5.74, 6) is -1.51. The Balaban J connectivity index is 2.72. The molecule has 21 heavy (non-hydrogen) atoms. The number of hydrogen-bond donors (Lipinski definition) is 3. The van der Waals surface area contributed by atoms with Crippen LogP contribution in [-0.2, 0) is 20.8 Å². The van der Waals surface area contributed by atoms with E-state index in [1.54, 1.807) is 24.3 Å². The van der Waals surface area contributed by atoms with Gasteiger partial charge in [-0.1, -0.05) is 26.0 Å². The number of carboxylic acids is 1. The van der Waals surface area contributed by atoms with Crippen molar-refractivity contribution in [2.75, 3.05) is 5.32 Å². The highest BCUT2D eigenvalue weighted by Crippen LogP contribution is 2.12. The van der Waals surface area contributed by atoms with Crippen LogP contribution in [-0.4, -0.2) is 28.9 Å². The van der Waals surface area contributed by atoms with Crippen molar-refractivity contribution in [2.45, 2.75) is 33.2 Å². The van der Waals surface area contributed by atoms with Crippen LogP contribution in [0.15, 0.2) is 24.3 Å². The van der Waals surface area contributed by atoms with Crippen LogP contribution in [0.3, 0.4) is 0 Å².